The first-order valence-corrected chi connectivity index (χ1v) is 13.4. The van der Waals surface area contributed by atoms with Gasteiger partial charge in [0, 0.05) is 0 Å². The highest BCUT2D eigenvalue weighted by molar-refractivity contribution is 7.15. The number of para-hydroxylation sites is 2. The summed E-state index contributed by atoms with van der Waals surface area (Å²) < 4.78 is 19.2. The smallest absolute Gasteiger partial charge is 0.315 e. The molecule has 3 heterocycles. The molecule has 1 saturated carbocycles. The van der Waals surface area contributed by atoms with E-state index in [1.54, 1.807) is 36.4 Å². The van der Waals surface area contributed by atoms with E-state index >= 15 is 0 Å². The van der Waals surface area contributed by atoms with E-state index in [2.05, 4.69) is 10.1 Å². The average molecular weight is 570 g/mol. The van der Waals surface area contributed by atoms with Gasteiger partial charge in [-0.3, -0.25) is 9.59 Å². The zero-order valence-corrected chi connectivity index (χ0v) is 22.6. The van der Waals surface area contributed by atoms with Gasteiger partial charge in [-0.1, -0.05) is 72.7 Å². The summed E-state index contributed by atoms with van der Waals surface area (Å²) in [5.74, 6) is 1.38. The molecular weight excluding hydrogens is 549 g/mol. The van der Waals surface area contributed by atoms with Crippen molar-refractivity contribution in [1.82, 2.24) is 14.6 Å². The van der Waals surface area contributed by atoms with Gasteiger partial charge in [-0.05, 0) is 53.3 Å². The van der Waals surface area contributed by atoms with E-state index in [0.717, 1.165) is 5.56 Å². The zero-order valence-electron chi connectivity index (χ0n) is 20.3. The van der Waals surface area contributed by atoms with E-state index in [1.807, 2.05) is 38.1 Å². The Labute approximate surface area is 231 Å². The topological polar surface area (TPSA) is 92.0 Å². The molecule has 2 aromatic carbocycles. The summed E-state index contributed by atoms with van der Waals surface area (Å²) in [5, 5.41) is 4.38. The van der Waals surface area contributed by atoms with Crippen molar-refractivity contribution in [3.63, 3.8) is 0 Å². The van der Waals surface area contributed by atoms with E-state index in [1.165, 1.54) is 15.9 Å². The van der Waals surface area contributed by atoms with Crippen LogP contribution in [0.2, 0.25) is 0 Å². The largest absolute Gasteiger partial charge is 0.485 e. The molecule has 2 aliphatic rings. The van der Waals surface area contributed by atoms with Crippen LogP contribution in [0.25, 0.3) is 11.0 Å². The lowest BCUT2D eigenvalue weighted by molar-refractivity contribution is -0.136. The van der Waals surface area contributed by atoms with Gasteiger partial charge >= 0.3 is 5.97 Å². The number of carbonyl (C=O) groups excluding carboxylic acids is 1. The Bertz CT molecular complexity index is 1690. The molecule has 2 aromatic heterocycles. The number of halogens is 2. The lowest BCUT2D eigenvalue weighted by atomic mass is 10.1. The number of hydrogen-bond acceptors (Lipinski definition) is 8. The van der Waals surface area contributed by atoms with Crippen molar-refractivity contribution >= 4 is 51.5 Å². The number of aromatic nitrogens is 3. The molecule has 1 fully saturated rings. The number of ether oxygens (including phenoxy) is 3. The van der Waals surface area contributed by atoms with E-state index in [9.17, 15) is 9.59 Å². The van der Waals surface area contributed by atoms with Gasteiger partial charge in [0.25, 0.3) is 5.56 Å². The highest BCUT2D eigenvalue weighted by atomic mass is 35.5. The highest BCUT2D eigenvalue weighted by Gasteiger charge is 2.61. The fourth-order valence-electron chi connectivity index (χ4n) is 4.67. The van der Waals surface area contributed by atoms with Crippen LogP contribution < -0.4 is 24.3 Å². The Hall–Kier alpha value is -3.40. The molecule has 0 radical (unpaired) electrons. The molecular formula is C27H21Cl2N3O5S. The SMILES string of the molecule is CC1(C)[C@@H](C=C(Cl)Cl)[C@@H]1C(=O)Oc1ccc(/C=c2/sc3nc([C@@H]4COc5ccccc5O4)nn3c2=O)cc1. The highest BCUT2D eigenvalue weighted by Crippen LogP contribution is 2.60. The molecule has 11 heteroatoms. The quantitative estimate of drug-likeness (QED) is 0.254. The number of nitrogens with zero attached hydrogens (tertiary/aromatic N) is 3. The lowest BCUT2D eigenvalue weighted by Crippen LogP contribution is -2.26. The molecule has 0 saturated heterocycles. The number of benzene rings is 2. The summed E-state index contributed by atoms with van der Waals surface area (Å²) in [6.45, 7) is 4.20. The van der Waals surface area contributed by atoms with E-state index < -0.39 is 6.10 Å². The van der Waals surface area contributed by atoms with Crippen LogP contribution in [-0.4, -0.2) is 27.2 Å². The van der Waals surface area contributed by atoms with Crippen molar-refractivity contribution in [2.75, 3.05) is 6.61 Å². The van der Waals surface area contributed by atoms with Gasteiger partial charge in [-0.2, -0.15) is 9.50 Å². The molecule has 3 atom stereocenters. The van der Waals surface area contributed by atoms with Crippen LogP contribution in [0.4, 0.5) is 0 Å². The van der Waals surface area contributed by atoms with Crippen LogP contribution in [0.5, 0.6) is 17.2 Å². The van der Waals surface area contributed by atoms with Gasteiger partial charge in [0.2, 0.25) is 4.96 Å². The van der Waals surface area contributed by atoms with Gasteiger partial charge in [-0.25, -0.2) is 0 Å². The Morgan fingerprint density at radius 2 is 1.89 bits per heavy atom. The summed E-state index contributed by atoms with van der Waals surface area (Å²) in [7, 11) is 0. The molecule has 8 nitrogen and oxygen atoms in total. The first-order chi connectivity index (χ1) is 18.2. The number of esters is 1. The Kier molecular flexibility index (Phi) is 6.17. The predicted molar refractivity (Wildman–Crippen MR) is 144 cm³/mol. The van der Waals surface area contributed by atoms with Crippen LogP contribution >= 0.6 is 34.5 Å². The maximum absolute atomic E-state index is 13.0. The minimum absolute atomic E-state index is 0.0667. The third-order valence-corrected chi connectivity index (χ3v) is 8.07. The second kappa shape index (κ2) is 9.41. The number of allylic oxidation sites excluding steroid dienone is 1. The van der Waals surface area contributed by atoms with E-state index in [-0.39, 0.29) is 39.9 Å². The summed E-state index contributed by atoms with van der Waals surface area (Å²) in [4.78, 5) is 30.6. The molecule has 0 amide bonds. The molecule has 1 aliphatic heterocycles. The molecule has 6 rings (SSSR count). The third kappa shape index (κ3) is 4.55. The standard InChI is InChI=1S/C27H21Cl2N3O5S/c1-27(2)16(12-21(28)29)22(27)25(34)36-15-9-7-14(8-10-15)11-20-24(33)32-26(38-20)30-23(31-32)19-13-35-17-5-3-4-6-18(17)37-19/h3-12,16,19,22H,13H2,1-2H3/b20-11+/t16-,19-,22+/m0/s1. The second-order valence-corrected chi connectivity index (χ2v) is 11.7. The Balaban J connectivity index is 1.17. The van der Waals surface area contributed by atoms with Gasteiger partial charge in [0.15, 0.2) is 23.4 Å². The van der Waals surface area contributed by atoms with Crippen molar-refractivity contribution in [2.45, 2.75) is 20.0 Å². The zero-order chi connectivity index (χ0) is 26.6. The van der Waals surface area contributed by atoms with Gasteiger partial charge in [0.05, 0.1) is 10.5 Å². The van der Waals surface area contributed by atoms with Crippen LogP contribution in [0.1, 0.15) is 31.3 Å². The van der Waals surface area contributed by atoms with E-state index in [4.69, 9.17) is 37.4 Å². The van der Waals surface area contributed by atoms with Crippen LogP contribution in [0, 0.1) is 17.3 Å². The normalized spacial score (nSPS) is 21.8. The fraction of sp³-hybridized carbons (Fsp3) is 0.259. The summed E-state index contributed by atoms with van der Waals surface area (Å²) in [6.07, 6.45) is 2.93. The Morgan fingerprint density at radius 3 is 2.61 bits per heavy atom. The maximum atomic E-state index is 13.0. The first kappa shape index (κ1) is 24.9. The van der Waals surface area contributed by atoms with Crippen molar-refractivity contribution in [2.24, 2.45) is 17.3 Å². The average Bonchev–Trinajstić information content (AvgIpc) is 3.15. The lowest BCUT2D eigenvalue weighted by Gasteiger charge is -2.24. The molecule has 4 aromatic rings. The molecule has 38 heavy (non-hydrogen) atoms. The first-order valence-electron chi connectivity index (χ1n) is 11.8. The van der Waals surface area contributed by atoms with Gasteiger partial charge < -0.3 is 14.2 Å². The number of thiazole rings is 1. The van der Waals surface area contributed by atoms with Crippen molar-refractivity contribution in [3.05, 3.63) is 85.4 Å². The predicted octanol–water partition coefficient (Wildman–Crippen LogP) is 4.71. The Morgan fingerprint density at radius 1 is 1.16 bits per heavy atom. The molecule has 0 N–H and O–H groups in total. The van der Waals surface area contributed by atoms with Crippen LogP contribution in [0.15, 0.2) is 63.9 Å². The summed E-state index contributed by atoms with van der Waals surface area (Å²) >= 11 is 12.8. The van der Waals surface area contributed by atoms with Gasteiger partial charge in [0.1, 0.15) is 16.8 Å². The van der Waals surface area contributed by atoms with E-state index in [0.29, 0.717) is 32.6 Å². The third-order valence-electron chi connectivity index (χ3n) is 6.86. The summed E-state index contributed by atoms with van der Waals surface area (Å²) in [6, 6.07) is 14.3. The van der Waals surface area contributed by atoms with Gasteiger partial charge in [-0.15, -0.1) is 5.10 Å². The van der Waals surface area contributed by atoms with Crippen LogP contribution in [0.3, 0.4) is 0 Å². The molecule has 0 bridgehead atoms. The minimum atomic E-state index is -0.501. The fourth-order valence-corrected chi connectivity index (χ4v) is 5.86. The maximum Gasteiger partial charge on any atom is 0.315 e. The molecule has 0 spiro atoms. The molecule has 194 valence electrons. The molecule has 0 unspecified atom stereocenters. The summed E-state index contributed by atoms with van der Waals surface area (Å²) in [5.41, 5.74) is 0.230. The minimum Gasteiger partial charge on any atom is -0.485 e. The second-order valence-electron chi connectivity index (χ2n) is 9.72. The number of rotatable bonds is 5. The number of carbonyl (C=O) groups is 1. The monoisotopic (exact) mass is 569 g/mol. The number of hydrogen-bond donors (Lipinski definition) is 0. The van der Waals surface area contributed by atoms with Crippen LogP contribution in [-0.2, 0) is 4.79 Å². The molecule has 1 aliphatic carbocycles. The number of fused-ring (bicyclic) bond motifs is 2. The van der Waals surface area contributed by atoms with Crippen molar-refractivity contribution < 1.29 is 19.0 Å². The van der Waals surface area contributed by atoms with Crippen molar-refractivity contribution in [1.29, 1.82) is 0 Å². The van der Waals surface area contributed by atoms with Crippen molar-refractivity contribution in [3.8, 4) is 17.2 Å².